The molecule has 6 rings (SSSR count). The topological polar surface area (TPSA) is 96.2 Å². The number of benzene rings is 1. The van der Waals surface area contributed by atoms with Gasteiger partial charge in [-0.15, -0.1) is 0 Å². The predicted octanol–water partition coefficient (Wildman–Crippen LogP) is 2.96. The lowest BCUT2D eigenvalue weighted by molar-refractivity contribution is -0.0592. The van der Waals surface area contributed by atoms with Crippen LogP contribution in [0.2, 0.25) is 0 Å². The molecule has 0 aliphatic carbocycles. The van der Waals surface area contributed by atoms with Gasteiger partial charge in [0, 0.05) is 38.9 Å². The number of nitrogens with zero attached hydrogens (tertiary/aromatic N) is 6. The van der Waals surface area contributed by atoms with Crippen LogP contribution in [-0.2, 0) is 17.8 Å². The van der Waals surface area contributed by atoms with Crippen LogP contribution in [0, 0.1) is 5.92 Å². The molecule has 3 saturated heterocycles. The van der Waals surface area contributed by atoms with Crippen molar-refractivity contribution in [2.45, 2.75) is 38.5 Å². The Labute approximate surface area is 229 Å². The van der Waals surface area contributed by atoms with Crippen LogP contribution in [0.15, 0.2) is 36.4 Å². The van der Waals surface area contributed by atoms with Gasteiger partial charge in [0.25, 0.3) is 0 Å². The summed E-state index contributed by atoms with van der Waals surface area (Å²) >= 11 is 0. The number of hydrogen-bond acceptors (Lipinski definition) is 8. The number of pyridine rings is 1. The average molecular weight is 535 g/mol. The van der Waals surface area contributed by atoms with Gasteiger partial charge in [-0.2, -0.15) is 4.98 Å². The third-order valence-corrected chi connectivity index (χ3v) is 8.33. The number of piperazine rings is 1. The Morgan fingerprint density at radius 1 is 1.05 bits per heavy atom. The Bertz CT molecular complexity index is 1290. The number of carbonyl (C=O) groups is 1. The van der Waals surface area contributed by atoms with Crippen LogP contribution in [0.25, 0.3) is 11.0 Å². The maximum atomic E-state index is 11.6. The lowest BCUT2D eigenvalue weighted by Crippen LogP contribution is -2.46. The molecular weight excluding hydrogens is 496 g/mol. The molecule has 39 heavy (non-hydrogen) atoms. The highest BCUT2D eigenvalue weighted by Crippen LogP contribution is 2.25. The van der Waals surface area contributed by atoms with E-state index in [0.717, 1.165) is 81.6 Å². The molecule has 10 heteroatoms. The van der Waals surface area contributed by atoms with E-state index >= 15 is 0 Å². The van der Waals surface area contributed by atoms with E-state index in [2.05, 4.69) is 32.4 Å². The summed E-state index contributed by atoms with van der Waals surface area (Å²) < 4.78 is 14.0. The Morgan fingerprint density at radius 2 is 1.85 bits per heavy atom. The Hall–Kier alpha value is -3.21. The van der Waals surface area contributed by atoms with Crippen LogP contribution in [0.3, 0.4) is 0 Å². The van der Waals surface area contributed by atoms with Crippen LogP contribution in [-0.4, -0.2) is 101 Å². The number of carboxylic acids is 1. The second-order valence-electron chi connectivity index (χ2n) is 11.1. The lowest BCUT2D eigenvalue weighted by atomic mass is 9.98. The second-order valence-corrected chi connectivity index (χ2v) is 11.1. The second kappa shape index (κ2) is 11.5. The maximum absolute atomic E-state index is 11.6. The number of ether oxygens (including phenoxy) is 2. The molecule has 0 amide bonds. The monoisotopic (exact) mass is 534 g/mol. The molecule has 0 bridgehead atoms. The number of anilines is 1. The van der Waals surface area contributed by atoms with Gasteiger partial charge in [-0.1, -0.05) is 6.07 Å². The average Bonchev–Trinajstić information content (AvgIpc) is 3.26. The first-order valence-corrected chi connectivity index (χ1v) is 14.1. The molecule has 0 saturated carbocycles. The zero-order valence-corrected chi connectivity index (χ0v) is 22.7. The molecule has 2 aromatic heterocycles. The van der Waals surface area contributed by atoms with Crippen molar-refractivity contribution in [2.24, 2.45) is 5.92 Å². The fraction of sp³-hybridized carbons (Fsp3) is 0.552. The number of rotatable bonds is 9. The standard InChI is InChI=1S/C29H38N6O4/c1-32-10-7-21(8-11-32)20-39-28-4-2-3-26(31-28)34-14-12-33(13-15-34)19-27-30-24-6-5-22(29(36)37)17-25(24)35(27)18-23-9-16-38-23/h2-6,17,21,23H,7-16,18-20H2,1H3,(H,36,37). The van der Waals surface area contributed by atoms with Crippen LogP contribution >= 0.6 is 0 Å². The first kappa shape index (κ1) is 26.0. The maximum Gasteiger partial charge on any atom is 0.335 e. The van der Waals surface area contributed by atoms with Crippen molar-refractivity contribution in [3.63, 3.8) is 0 Å². The smallest absolute Gasteiger partial charge is 0.335 e. The minimum absolute atomic E-state index is 0.159. The highest BCUT2D eigenvalue weighted by molar-refractivity contribution is 5.92. The minimum atomic E-state index is -0.924. The van der Waals surface area contributed by atoms with Crippen molar-refractivity contribution in [3.05, 3.63) is 47.8 Å². The number of imidazole rings is 1. The molecule has 1 N–H and O–H groups in total. The first-order chi connectivity index (χ1) is 19.0. The number of aromatic nitrogens is 3. The Morgan fingerprint density at radius 3 is 2.56 bits per heavy atom. The highest BCUT2D eigenvalue weighted by Gasteiger charge is 2.25. The van der Waals surface area contributed by atoms with E-state index in [4.69, 9.17) is 19.4 Å². The minimum Gasteiger partial charge on any atom is -0.478 e. The van der Waals surface area contributed by atoms with E-state index < -0.39 is 5.97 Å². The fourth-order valence-electron chi connectivity index (χ4n) is 5.69. The van der Waals surface area contributed by atoms with Gasteiger partial charge in [0.2, 0.25) is 5.88 Å². The molecule has 1 unspecified atom stereocenters. The molecule has 3 aliphatic rings. The van der Waals surface area contributed by atoms with Crippen molar-refractivity contribution in [1.29, 1.82) is 0 Å². The summed E-state index contributed by atoms with van der Waals surface area (Å²) in [4.78, 5) is 28.4. The molecule has 3 fully saturated rings. The molecule has 5 heterocycles. The summed E-state index contributed by atoms with van der Waals surface area (Å²) in [6, 6.07) is 11.2. The van der Waals surface area contributed by atoms with Crippen LogP contribution in [0.5, 0.6) is 5.88 Å². The third kappa shape index (κ3) is 6.03. The van der Waals surface area contributed by atoms with E-state index in [1.807, 2.05) is 18.2 Å². The van der Waals surface area contributed by atoms with Crippen molar-refractivity contribution >= 4 is 22.8 Å². The normalized spacial score (nSPS) is 21.3. The van der Waals surface area contributed by atoms with E-state index in [-0.39, 0.29) is 11.7 Å². The molecular formula is C29H38N6O4. The van der Waals surface area contributed by atoms with Crippen molar-refractivity contribution in [1.82, 2.24) is 24.3 Å². The number of piperidine rings is 1. The van der Waals surface area contributed by atoms with E-state index in [1.165, 1.54) is 12.8 Å². The number of hydrogen-bond donors (Lipinski definition) is 1. The zero-order chi connectivity index (χ0) is 26.8. The number of carboxylic acid groups (broad SMARTS) is 1. The van der Waals surface area contributed by atoms with Gasteiger partial charge in [-0.25, -0.2) is 9.78 Å². The van der Waals surface area contributed by atoms with Gasteiger partial charge in [-0.05, 0) is 69.6 Å². The van der Waals surface area contributed by atoms with Gasteiger partial charge in [0.15, 0.2) is 0 Å². The van der Waals surface area contributed by atoms with Crippen molar-refractivity contribution in [2.75, 3.05) is 64.4 Å². The molecule has 0 spiro atoms. The molecule has 0 radical (unpaired) electrons. The molecule has 10 nitrogen and oxygen atoms in total. The quantitative estimate of drug-likeness (QED) is 0.444. The summed E-state index contributed by atoms with van der Waals surface area (Å²) in [5.74, 6) is 2.31. The number of fused-ring (bicyclic) bond motifs is 1. The summed E-state index contributed by atoms with van der Waals surface area (Å²) in [5, 5.41) is 9.49. The molecule has 1 atom stereocenters. The number of likely N-dealkylation sites (tertiary alicyclic amines) is 1. The number of aromatic carboxylic acids is 1. The van der Waals surface area contributed by atoms with Gasteiger partial charge in [0.05, 0.1) is 42.4 Å². The van der Waals surface area contributed by atoms with Gasteiger partial charge in [-0.3, -0.25) is 4.90 Å². The lowest BCUT2D eigenvalue weighted by Gasteiger charge is -2.35. The predicted molar refractivity (Wildman–Crippen MR) is 148 cm³/mol. The summed E-state index contributed by atoms with van der Waals surface area (Å²) in [6.07, 6.45) is 3.54. The van der Waals surface area contributed by atoms with Gasteiger partial charge < -0.3 is 28.9 Å². The van der Waals surface area contributed by atoms with Gasteiger partial charge in [0.1, 0.15) is 11.6 Å². The van der Waals surface area contributed by atoms with E-state index in [1.54, 1.807) is 12.1 Å². The van der Waals surface area contributed by atoms with Crippen LogP contribution in [0.1, 0.15) is 35.4 Å². The molecule has 3 aromatic rings. The van der Waals surface area contributed by atoms with Crippen LogP contribution in [0.4, 0.5) is 5.82 Å². The van der Waals surface area contributed by atoms with Crippen molar-refractivity contribution < 1.29 is 19.4 Å². The Balaban J connectivity index is 1.08. The summed E-state index contributed by atoms with van der Waals surface area (Å²) in [6.45, 7) is 8.75. The van der Waals surface area contributed by atoms with Crippen molar-refractivity contribution in [3.8, 4) is 5.88 Å². The summed E-state index contributed by atoms with van der Waals surface area (Å²) in [7, 11) is 2.18. The molecule has 1 aromatic carbocycles. The highest BCUT2D eigenvalue weighted by atomic mass is 16.5. The van der Waals surface area contributed by atoms with E-state index in [0.29, 0.717) is 24.9 Å². The molecule has 208 valence electrons. The SMILES string of the molecule is CN1CCC(COc2cccc(N3CCN(Cc4nc5ccc(C(=O)O)cc5n4CC4CCO4)CC3)n2)CC1. The largest absolute Gasteiger partial charge is 0.478 e. The fourth-order valence-corrected chi connectivity index (χ4v) is 5.69. The van der Waals surface area contributed by atoms with Crippen LogP contribution < -0.4 is 9.64 Å². The molecule has 3 aliphatic heterocycles. The van der Waals surface area contributed by atoms with Gasteiger partial charge >= 0.3 is 5.97 Å². The third-order valence-electron chi connectivity index (χ3n) is 8.33. The Kier molecular flexibility index (Phi) is 7.67. The first-order valence-electron chi connectivity index (χ1n) is 14.1. The zero-order valence-electron chi connectivity index (χ0n) is 22.7. The van der Waals surface area contributed by atoms with E-state index in [9.17, 15) is 9.90 Å². The summed E-state index contributed by atoms with van der Waals surface area (Å²) in [5.41, 5.74) is 1.97.